The van der Waals surface area contributed by atoms with Crippen LogP contribution in [0.5, 0.6) is 0 Å². The highest BCUT2D eigenvalue weighted by molar-refractivity contribution is 6.42. The van der Waals surface area contributed by atoms with Crippen molar-refractivity contribution in [3.05, 3.63) is 52.5 Å². The minimum atomic E-state index is -0.975. The van der Waals surface area contributed by atoms with E-state index in [1.807, 2.05) is 24.3 Å². The second-order valence-electron chi connectivity index (χ2n) is 4.91. The van der Waals surface area contributed by atoms with Gasteiger partial charge in [0.2, 0.25) is 5.95 Å². The van der Waals surface area contributed by atoms with Crippen molar-refractivity contribution in [1.82, 2.24) is 9.97 Å². The quantitative estimate of drug-likeness (QED) is 0.631. The molecule has 3 N–H and O–H groups in total. The lowest BCUT2D eigenvalue weighted by molar-refractivity contribution is -0.134. The molecule has 24 heavy (non-hydrogen) atoms. The van der Waals surface area contributed by atoms with Crippen LogP contribution >= 0.6 is 23.2 Å². The van der Waals surface area contributed by atoms with Crippen molar-refractivity contribution in [2.75, 3.05) is 17.2 Å². The number of para-hydroxylation sites is 1. The molecule has 0 amide bonds. The fraction of sp³-hybridized carbons (Fsp3) is 0.0625. The average Bonchev–Trinajstić information content (AvgIpc) is 2.56. The maximum absolute atomic E-state index is 10.8. The van der Waals surface area contributed by atoms with Crippen LogP contribution in [0.4, 0.5) is 17.5 Å². The highest BCUT2D eigenvalue weighted by Crippen LogP contribution is 2.27. The molecule has 0 atom stereocenters. The topological polar surface area (TPSA) is 87.1 Å². The number of benzene rings is 2. The lowest BCUT2D eigenvalue weighted by Gasteiger charge is -2.11. The molecular weight excluding hydrogens is 351 g/mol. The molecule has 0 unspecified atom stereocenters. The van der Waals surface area contributed by atoms with E-state index in [2.05, 4.69) is 20.6 Å². The Hall–Kier alpha value is -2.57. The average molecular weight is 363 g/mol. The second kappa shape index (κ2) is 6.90. The fourth-order valence-corrected chi connectivity index (χ4v) is 2.43. The molecule has 8 heteroatoms. The number of nitrogens with one attached hydrogen (secondary N) is 2. The number of carboxylic acid groups (broad SMARTS) is 1. The maximum atomic E-state index is 10.8. The Balaban J connectivity index is 1.98. The van der Waals surface area contributed by atoms with Gasteiger partial charge < -0.3 is 15.7 Å². The molecule has 2 aromatic carbocycles. The molecule has 0 aliphatic rings. The molecule has 122 valence electrons. The van der Waals surface area contributed by atoms with E-state index in [0.29, 0.717) is 33.0 Å². The van der Waals surface area contributed by atoms with Gasteiger partial charge in [0.05, 0.1) is 15.6 Å². The van der Waals surface area contributed by atoms with Crippen LogP contribution in [0.2, 0.25) is 10.0 Å². The van der Waals surface area contributed by atoms with Crippen LogP contribution in [-0.2, 0) is 4.79 Å². The van der Waals surface area contributed by atoms with Crippen LogP contribution in [0, 0.1) is 0 Å². The monoisotopic (exact) mass is 362 g/mol. The second-order valence-corrected chi connectivity index (χ2v) is 5.73. The van der Waals surface area contributed by atoms with E-state index in [9.17, 15) is 4.79 Å². The van der Waals surface area contributed by atoms with Gasteiger partial charge in [0, 0.05) is 11.1 Å². The summed E-state index contributed by atoms with van der Waals surface area (Å²) in [6.45, 7) is -0.243. The summed E-state index contributed by atoms with van der Waals surface area (Å²) in [4.78, 5) is 19.6. The smallest absolute Gasteiger partial charge is 0.322 e. The Morgan fingerprint density at radius 3 is 2.62 bits per heavy atom. The minimum absolute atomic E-state index is 0.243. The van der Waals surface area contributed by atoms with Crippen molar-refractivity contribution >= 4 is 57.5 Å². The first-order valence-electron chi connectivity index (χ1n) is 6.97. The third-order valence-corrected chi connectivity index (χ3v) is 3.93. The molecule has 0 spiro atoms. The zero-order chi connectivity index (χ0) is 17.1. The molecule has 0 saturated heterocycles. The summed E-state index contributed by atoms with van der Waals surface area (Å²) < 4.78 is 0. The number of carbonyl (C=O) groups is 1. The molecule has 1 heterocycles. The lowest BCUT2D eigenvalue weighted by atomic mass is 10.2. The molecular formula is C16H12Cl2N4O2. The summed E-state index contributed by atoms with van der Waals surface area (Å²) in [5, 5.41) is 16.3. The SMILES string of the molecule is O=C(O)CNc1nc(Nc2ccc(Cl)c(Cl)c2)nc2ccccc12. The Labute approximate surface area is 147 Å². The molecule has 0 fully saturated rings. The molecule has 0 bridgehead atoms. The lowest BCUT2D eigenvalue weighted by Crippen LogP contribution is -2.14. The highest BCUT2D eigenvalue weighted by Gasteiger charge is 2.09. The van der Waals surface area contributed by atoms with Crippen LogP contribution in [-0.4, -0.2) is 27.6 Å². The number of anilines is 3. The summed E-state index contributed by atoms with van der Waals surface area (Å²) in [6, 6.07) is 12.4. The van der Waals surface area contributed by atoms with Crippen molar-refractivity contribution in [2.45, 2.75) is 0 Å². The van der Waals surface area contributed by atoms with Crippen molar-refractivity contribution in [3.63, 3.8) is 0 Å². The Morgan fingerprint density at radius 1 is 1.08 bits per heavy atom. The summed E-state index contributed by atoms with van der Waals surface area (Å²) in [6.07, 6.45) is 0. The molecule has 3 rings (SSSR count). The Bertz CT molecular complexity index is 918. The van der Waals surface area contributed by atoms with Gasteiger partial charge in [-0.25, -0.2) is 4.98 Å². The Kier molecular flexibility index (Phi) is 4.69. The zero-order valence-corrected chi connectivity index (χ0v) is 13.8. The van der Waals surface area contributed by atoms with Gasteiger partial charge in [0.1, 0.15) is 12.4 Å². The molecule has 0 aliphatic heterocycles. The summed E-state index contributed by atoms with van der Waals surface area (Å²) in [7, 11) is 0. The first-order valence-corrected chi connectivity index (χ1v) is 7.73. The van der Waals surface area contributed by atoms with E-state index < -0.39 is 5.97 Å². The number of carboxylic acids is 1. The largest absolute Gasteiger partial charge is 0.480 e. The number of aliphatic carboxylic acids is 1. The number of fused-ring (bicyclic) bond motifs is 1. The van der Waals surface area contributed by atoms with E-state index in [1.54, 1.807) is 18.2 Å². The van der Waals surface area contributed by atoms with E-state index in [-0.39, 0.29) is 6.54 Å². The molecule has 0 aliphatic carbocycles. The van der Waals surface area contributed by atoms with Gasteiger partial charge >= 0.3 is 5.97 Å². The molecule has 1 aromatic heterocycles. The number of aromatic nitrogens is 2. The van der Waals surface area contributed by atoms with Gasteiger partial charge in [-0.05, 0) is 30.3 Å². The van der Waals surface area contributed by atoms with Crippen LogP contribution in [0.1, 0.15) is 0 Å². The molecule has 3 aromatic rings. The molecule has 0 saturated carbocycles. The van der Waals surface area contributed by atoms with Crippen LogP contribution in [0.3, 0.4) is 0 Å². The van der Waals surface area contributed by atoms with Gasteiger partial charge in [-0.15, -0.1) is 0 Å². The van der Waals surface area contributed by atoms with Gasteiger partial charge in [-0.2, -0.15) is 4.98 Å². The summed E-state index contributed by atoms with van der Waals surface area (Å²) >= 11 is 11.9. The normalized spacial score (nSPS) is 10.6. The van der Waals surface area contributed by atoms with Crippen molar-refractivity contribution < 1.29 is 9.90 Å². The first-order chi connectivity index (χ1) is 11.5. The number of nitrogens with zero attached hydrogens (tertiary/aromatic N) is 2. The predicted molar refractivity (Wildman–Crippen MR) is 95.4 cm³/mol. The number of halogens is 2. The summed E-state index contributed by atoms with van der Waals surface area (Å²) in [5.74, 6) is -0.220. The van der Waals surface area contributed by atoms with Crippen molar-refractivity contribution in [2.24, 2.45) is 0 Å². The van der Waals surface area contributed by atoms with E-state index in [1.165, 1.54) is 0 Å². The third kappa shape index (κ3) is 3.67. The minimum Gasteiger partial charge on any atom is -0.480 e. The molecule has 6 nitrogen and oxygen atoms in total. The first kappa shape index (κ1) is 16.3. The van der Waals surface area contributed by atoms with Gasteiger partial charge in [0.15, 0.2) is 0 Å². The van der Waals surface area contributed by atoms with E-state index >= 15 is 0 Å². The third-order valence-electron chi connectivity index (χ3n) is 3.19. The van der Waals surface area contributed by atoms with Crippen LogP contribution in [0.25, 0.3) is 10.9 Å². The molecule has 0 radical (unpaired) electrons. The fourth-order valence-electron chi connectivity index (χ4n) is 2.13. The number of hydrogen-bond acceptors (Lipinski definition) is 5. The van der Waals surface area contributed by atoms with E-state index in [0.717, 1.165) is 5.39 Å². The zero-order valence-electron chi connectivity index (χ0n) is 12.3. The summed E-state index contributed by atoms with van der Waals surface area (Å²) in [5.41, 5.74) is 1.35. The number of hydrogen-bond donors (Lipinski definition) is 3. The standard InChI is InChI=1S/C16H12Cl2N4O2/c17-11-6-5-9(7-12(11)18)20-16-21-13-4-2-1-3-10(13)15(22-16)19-8-14(23)24/h1-7H,8H2,(H,23,24)(H2,19,20,21,22). The van der Waals surface area contributed by atoms with Gasteiger partial charge in [-0.1, -0.05) is 35.3 Å². The van der Waals surface area contributed by atoms with Gasteiger partial charge in [-0.3, -0.25) is 4.79 Å². The maximum Gasteiger partial charge on any atom is 0.322 e. The highest BCUT2D eigenvalue weighted by atomic mass is 35.5. The Morgan fingerprint density at radius 2 is 1.88 bits per heavy atom. The van der Waals surface area contributed by atoms with Crippen molar-refractivity contribution in [3.8, 4) is 0 Å². The number of rotatable bonds is 5. The van der Waals surface area contributed by atoms with E-state index in [4.69, 9.17) is 28.3 Å². The van der Waals surface area contributed by atoms with Crippen LogP contribution < -0.4 is 10.6 Å². The van der Waals surface area contributed by atoms with Crippen molar-refractivity contribution in [1.29, 1.82) is 0 Å². The predicted octanol–water partition coefficient (Wildman–Crippen LogP) is 4.18. The van der Waals surface area contributed by atoms with Gasteiger partial charge in [0.25, 0.3) is 0 Å². The van der Waals surface area contributed by atoms with Crippen LogP contribution in [0.15, 0.2) is 42.5 Å².